The summed E-state index contributed by atoms with van der Waals surface area (Å²) in [6, 6.07) is 19.3. The maximum Gasteiger partial charge on any atom is 0.148 e. The summed E-state index contributed by atoms with van der Waals surface area (Å²) in [6.45, 7) is 11.4. The monoisotopic (exact) mass is 420 g/mol. The number of fused-ring (bicyclic) bond motifs is 3. The van der Waals surface area contributed by atoms with E-state index in [4.69, 9.17) is 9.40 Å². The van der Waals surface area contributed by atoms with Gasteiger partial charge in [-0.25, -0.2) is 4.98 Å². The van der Waals surface area contributed by atoms with Crippen molar-refractivity contribution in [2.45, 2.75) is 46.5 Å². The minimum atomic E-state index is 0.0903. The van der Waals surface area contributed by atoms with Crippen LogP contribution in [0.25, 0.3) is 39.0 Å². The van der Waals surface area contributed by atoms with Gasteiger partial charge in [0.05, 0.1) is 11.3 Å². The van der Waals surface area contributed by atoms with Gasteiger partial charge in [-0.1, -0.05) is 69.3 Å². The van der Waals surface area contributed by atoms with Gasteiger partial charge in [-0.3, -0.25) is 4.57 Å². The van der Waals surface area contributed by atoms with Gasteiger partial charge < -0.3 is 4.42 Å². The molecular formula is C29H28N2O. The van der Waals surface area contributed by atoms with Crippen molar-refractivity contribution >= 4 is 21.9 Å². The summed E-state index contributed by atoms with van der Waals surface area (Å²) in [5.74, 6) is 0.950. The lowest BCUT2D eigenvalue weighted by Gasteiger charge is -2.21. The molecule has 5 aromatic rings. The Balaban J connectivity index is 1.73. The Labute approximate surface area is 188 Å². The number of hydrogen-bond donors (Lipinski definition) is 0. The second-order valence-corrected chi connectivity index (χ2v) is 10.2. The highest BCUT2D eigenvalue weighted by Crippen LogP contribution is 2.66. The van der Waals surface area contributed by atoms with Gasteiger partial charge in [0.25, 0.3) is 0 Å². The van der Waals surface area contributed by atoms with Gasteiger partial charge >= 0.3 is 0 Å². The lowest BCUT2D eigenvalue weighted by Crippen LogP contribution is -2.12. The van der Waals surface area contributed by atoms with Crippen LogP contribution in [0.4, 0.5) is 0 Å². The molecule has 0 N–H and O–H groups in total. The van der Waals surface area contributed by atoms with E-state index in [9.17, 15) is 0 Å². The van der Waals surface area contributed by atoms with Crippen LogP contribution in [-0.2, 0) is 5.41 Å². The molecule has 3 nitrogen and oxygen atoms in total. The lowest BCUT2D eigenvalue weighted by molar-refractivity contribution is 0.528. The molecule has 0 saturated heterocycles. The number of nitrogens with zero attached hydrogens (tertiary/aromatic N) is 2. The SMILES string of the molecule is Cc1cccc(C)c1-n1ccnc1-c1c(C2(C)CC2(C)C)ccc2c1oc1ccccc12. The molecule has 0 aliphatic heterocycles. The molecule has 32 heavy (non-hydrogen) atoms. The van der Waals surface area contributed by atoms with Crippen molar-refractivity contribution in [2.75, 3.05) is 0 Å². The van der Waals surface area contributed by atoms with E-state index in [1.807, 2.05) is 12.3 Å². The molecule has 0 spiro atoms. The first-order valence-electron chi connectivity index (χ1n) is 11.4. The Morgan fingerprint density at radius 2 is 1.59 bits per heavy atom. The van der Waals surface area contributed by atoms with Crippen molar-refractivity contribution < 1.29 is 4.42 Å². The fraction of sp³-hybridized carbons (Fsp3) is 0.276. The van der Waals surface area contributed by atoms with Crippen molar-refractivity contribution in [3.63, 3.8) is 0 Å². The van der Waals surface area contributed by atoms with Gasteiger partial charge in [0.15, 0.2) is 0 Å². The van der Waals surface area contributed by atoms with Gasteiger partial charge in [0.1, 0.15) is 17.0 Å². The highest BCUT2D eigenvalue weighted by molar-refractivity contribution is 6.10. The molecule has 0 radical (unpaired) electrons. The number of rotatable bonds is 3. The van der Waals surface area contributed by atoms with Gasteiger partial charge in [0.2, 0.25) is 0 Å². The predicted octanol–water partition coefficient (Wildman–Crippen LogP) is 7.74. The van der Waals surface area contributed by atoms with Gasteiger partial charge in [-0.15, -0.1) is 0 Å². The number of para-hydroxylation sites is 2. The highest BCUT2D eigenvalue weighted by Gasteiger charge is 2.59. The Hall–Kier alpha value is -3.33. The van der Waals surface area contributed by atoms with Crippen molar-refractivity contribution in [3.8, 4) is 17.1 Å². The molecule has 3 heteroatoms. The van der Waals surface area contributed by atoms with Crippen LogP contribution in [-0.4, -0.2) is 9.55 Å². The van der Waals surface area contributed by atoms with Crippen molar-refractivity contribution in [1.82, 2.24) is 9.55 Å². The smallest absolute Gasteiger partial charge is 0.148 e. The Bertz CT molecular complexity index is 1500. The standard InChI is InChI=1S/C29H28N2O/c1-18-9-8-10-19(2)25(18)31-16-15-30-27(31)24-22(29(5)17-28(29,3)4)14-13-21-20-11-6-7-12-23(20)32-26(21)24/h6-16H,17H2,1-5H3. The summed E-state index contributed by atoms with van der Waals surface area (Å²) in [5.41, 5.74) is 8.31. The molecule has 160 valence electrons. The zero-order valence-corrected chi connectivity index (χ0v) is 19.4. The Morgan fingerprint density at radius 3 is 2.31 bits per heavy atom. The summed E-state index contributed by atoms with van der Waals surface area (Å²) in [6.07, 6.45) is 5.14. The van der Waals surface area contributed by atoms with Crippen molar-refractivity contribution in [1.29, 1.82) is 0 Å². The van der Waals surface area contributed by atoms with Crippen LogP contribution < -0.4 is 0 Å². The molecular weight excluding hydrogens is 392 g/mol. The van der Waals surface area contributed by atoms with Crippen LogP contribution in [0.1, 0.15) is 43.9 Å². The molecule has 1 aliphatic rings. The number of furan rings is 1. The molecule has 0 amide bonds. The minimum Gasteiger partial charge on any atom is -0.455 e. The number of imidazole rings is 1. The van der Waals surface area contributed by atoms with E-state index in [1.54, 1.807) is 0 Å². The molecule has 1 atom stereocenters. The average molecular weight is 421 g/mol. The first-order valence-corrected chi connectivity index (χ1v) is 11.4. The summed E-state index contributed by atoms with van der Waals surface area (Å²) in [5, 5.41) is 2.30. The zero-order chi connectivity index (χ0) is 22.3. The third-order valence-corrected chi connectivity index (χ3v) is 7.85. The van der Waals surface area contributed by atoms with E-state index in [-0.39, 0.29) is 10.8 Å². The van der Waals surface area contributed by atoms with E-state index in [0.717, 1.165) is 39.7 Å². The van der Waals surface area contributed by atoms with E-state index in [1.165, 1.54) is 22.4 Å². The number of benzene rings is 3. The summed E-state index contributed by atoms with van der Waals surface area (Å²) in [7, 11) is 0. The number of hydrogen-bond acceptors (Lipinski definition) is 2. The van der Waals surface area contributed by atoms with Crippen LogP contribution >= 0.6 is 0 Å². The summed E-state index contributed by atoms with van der Waals surface area (Å²) < 4.78 is 8.78. The van der Waals surface area contributed by atoms with Crippen LogP contribution in [0, 0.1) is 19.3 Å². The van der Waals surface area contributed by atoms with E-state index in [2.05, 4.69) is 93.9 Å². The van der Waals surface area contributed by atoms with Crippen molar-refractivity contribution in [3.05, 3.63) is 83.7 Å². The van der Waals surface area contributed by atoms with E-state index >= 15 is 0 Å². The molecule has 1 aliphatic carbocycles. The third kappa shape index (κ3) is 2.51. The first-order chi connectivity index (χ1) is 15.3. The van der Waals surface area contributed by atoms with Crippen LogP contribution in [0.2, 0.25) is 0 Å². The maximum absolute atomic E-state index is 6.54. The normalized spacial score (nSPS) is 19.7. The first kappa shape index (κ1) is 19.4. The van der Waals surface area contributed by atoms with Crippen LogP contribution in [0.15, 0.2) is 71.4 Å². The predicted molar refractivity (Wildman–Crippen MR) is 132 cm³/mol. The summed E-state index contributed by atoms with van der Waals surface area (Å²) >= 11 is 0. The molecule has 1 unspecified atom stereocenters. The topological polar surface area (TPSA) is 31.0 Å². The third-order valence-electron chi connectivity index (χ3n) is 7.85. The molecule has 0 bridgehead atoms. The van der Waals surface area contributed by atoms with Gasteiger partial charge in [0, 0.05) is 23.2 Å². The zero-order valence-electron chi connectivity index (χ0n) is 19.4. The van der Waals surface area contributed by atoms with Crippen molar-refractivity contribution in [2.24, 2.45) is 5.41 Å². The largest absolute Gasteiger partial charge is 0.455 e. The second-order valence-electron chi connectivity index (χ2n) is 10.2. The van der Waals surface area contributed by atoms with E-state index in [0.29, 0.717) is 0 Å². The summed E-state index contributed by atoms with van der Waals surface area (Å²) in [4.78, 5) is 4.92. The fourth-order valence-corrected chi connectivity index (χ4v) is 5.62. The highest BCUT2D eigenvalue weighted by atomic mass is 16.3. The second kappa shape index (κ2) is 6.35. The van der Waals surface area contributed by atoms with Crippen LogP contribution in [0.3, 0.4) is 0 Å². The minimum absolute atomic E-state index is 0.0903. The molecule has 1 saturated carbocycles. The van der Waals surface area contributed by atoms with Crippen LogP contribution in [0.5, 0.6) is 0 Å². The quantitative estimate of drug-likeness (QED) is 0.299. The lowest BCUT2D eigenvalue weighted by atomic mass is 9.85. The van der Waals surface area contributed by atoms with Gasteiger partial charge in [-0.05, 0) is 53.9 Å². The maximum atomic E-state index is 6.54. The van der Waals surface area contributed by atoms with E-state index < -0.39 is 0 Å². The Kier molecular flexibility index (Phi) is 3.84. The molecule has 1 fully saturated rings. The van der Waals surface area contributed by atoms with Gasteiger partial charge in [-0.2, -0.15) is 0 Å². The molecule has 2 aromatic heterocycles. The Morgan fingerprint density at radius 1 is 0.875 bits per heavy atom. The number of aryl methyl sites for hydroxylation is 2. The molecule has 3 aromatic carbocycles. The number of aromatic nitrogens is 2. The molecule has 2 heterocycles. The molecule has 6 rings (SSSR count). The fourth-order valence-electron chi connectivity index (χ4n) is 5.62. The average Bonchev–Trinajstić information content (AvgIpc) is 3.12.